The maximum atomic E-state index is 12.7. The molecular weight excluding hydrogens is 296 g/mol. The van der Waals surface area contributed by atoms with Gasteiger partial charge in [-0.15, -0.1) is 0 Å². The third kappa shape index (κ3) is 4.31. The van der Waals surface area contributed by atoms with Gasteiger partial charge >= 0.3 is 0 Å². The fourth-order valence-corrected chi connectivity index (χ4v) is 2.58. The van der Waals surface area contributed by atoms with Crippen LogP contribution in [-0.4, -0.2) is 57.3 Å². The van der Waals surface area contributed by atoms with Crippen LogP contribution in [0.25, 0.3) is 0 Å². The second-order valence-corrected chi connectivity index (χ2v) is 5.96. The molecule has 0 aliphatic carbocycles. The van der Waals surface area contributed by atoms with Crippen molar-refractivity contribution >= 4 is 11.8 Å². The Balaban J connectivity index is 2.19. The number of carbonyl (C=O) groups excluding carboxylic acids is 2. The van der Waals surface area contributed by atoms with Gasteiger partial charge in [0, 0.05) is 25.7 Å². The largest absolute Gasteiger partial charge is 0.389 e. The Kier molecular flexibility index (Phi) is 6.15. The van der Waals surface area contributed by atoms with E-state index < -0.39 is 6.10 Å². The summed E-state index contributed by atoms with van der Waals surface area (Å²) in [6.45, 7) is 5.99. The lowest BCUT2D eigenvalue weighted by Crippen LogP contribution is -2.33. The van der Waals surface area contributed by atoms with E-state index in [-0.39, 0.29) is 30.6 Å². The second kappa shape index (κ2) is 8.10. The molecule has 2 amide bonds. The highest BCUT2D eigenvalue weighted by Gasteiger charge is 2.26. The molecule has 1 aromatic rings. The number of nitrogens with zero attached hydrogens (tertiary/aromatic N) is 3. The van der Waals surface area contributed by atoms with Crippen LogP contribution in [0, 0.1) is 0 Å². The predicted molar refractivity (Wildman–Crippen MR) is 86.3 cm³/mol. The van der Waals surface area contributed by atoms with Gasteiger partial charge in [-0.3, -0.25) is 14.3 Å². The van der Waals surface area contributed by atoms with E-state index in [9.17, 15) is 14.7 Å². The third-order valence-electron chi connectivity index (χ3n) is 3.96. The van der Waals surface area contributed by atoms with Crippen LogP contribution < -0.4 is 5.32 Å². The number of aliphatic hydroxyl groups is 1. The van der Waals surface area contributed by atoms with Gasteiger partial charge in [0.2, 0.25) is 0 Å². The van der Waals surface area contributed by atoms with Crippen LogP contribution in [0.5, 0.6) is 0 Å². The molecule has 7 heteroatoms. The van der Waals surface area contributed by atoms with Crippen molar-refractivity contribution in [1.29, 1.82) is 0 Å². The van der Waals surface area contributed by atoms with E-state index in [1.165, 1.54) is 10.7 Å². The van der Waals surface area contributed by atoms with Gasteiger partial charge < -0.3 is 15.3 Å². The molecule has 0 fully saturated rings. The summed E-state index contributed by atoms with van der Waals surface area (Å²) in [6.07, 6.45) is 3.23. The molecule has 1 aliphatic rings. The number of fused-ring (bicyclic) bond motifs is 1. The minimum absolute atomic E-state index is 0.144. The molecule has 2 heterocycles. The van der Waals surface area contributed by atoms with E-state index >= 15 is 0 Å². The molecule has 23 heavy (non-hydrogen) atoms. The molecule has 0 saturated carbocycles. The average molecular weight is 322 g/mol. The summed E-state index contributed by atoms with van der Waals surface area (Å²) in [5, 5.41) is 16.7. The molecule has 128 valence electrons. The first-order valence-corrected chi connectivity index (χ1v) is 8.40. The van der Waals surface area contributed by atoms with Gasteiger partial charge in [-0.2, -0.15) is 5.10 Å². The molecule has 1 aromatic heterocycles. The number of hydrogen-bond acceptors (Lipinski definition) is 4. The predicted octanol–water partition coefficient (Wildman–Crippen LogP) is 1.03. The fraction of sp³-hybridized carbons (Fsp3) is 0.688. The quantitative estimate of drug-likeness (QED) is 0.785. The third-order valence-corrected chi connectivity index (χ3v) is 3.96. The van der Waals surface area contributed by atoms with E-state index in [2.05, 4.69) is 24.3 Å². The SMILES string of the molecule is CCCCN(CCCC)C(=O)c1cc2n(n1)C[C@H](O)CNC2=O. The molecule has 0 saturated heterocycles. The van der Waals surface area contributed by atoms with Gasteiger partial charge in [-0.05, 0) is 12.8 Å². The van der Waals surface area contributed by atoms with E-state index in [1.807, 2.05) is 4.90 Å². The van der Waals surface area contributed by atoms with E-state index in [0.29, 0.717) is 18.8 Å². The molecule has 0 aromatic carbocycles. The summed E-state index contributed by atoms with van der Waals surface area (Å²) in [5.74, 6) is -0.448. The van der Waals surface area contributed by atoms with Crippen LogP contribution in [-0.2, 0) is 6.54 Å². The number of aromatic nitrogens is 2. The van der Waals surface area contributed by atoms with Crippen LogP contribution in [0.2, 0.25) is 0 Å². The number of hydrogen-bond donors (Lipinski definition) is 2. The molecule has 2 N–H and O–H groups in total. The standard InChI is InChI=1S/C16H26N4O3/c1-3-5-7-19(8-6-4-2)16(23)13-9-14-15(22)17-10-12(21)11-20(14)18-13/h9,12,21H,3-8,10-11H2,1-2H3,(H,17,22)/t12-/m1/s1. The molecule has 2 rings (SSSR count). The first kappa shape index (κ1) is 17.5. The van der Waals surface area contributed by atoms with Crippen molar-refractivity contribution in [3.05, 3.63) is 17.5 Å². The first-order valence-electron chi connectivity index (χ1n) is 8.40. The Labute approximate surface area is 136 Å². The van der Waals surface area contributed by atoms with Crippen molar-refractivity contribution in [2.45, 2.75) is 52.2 Å². The second-order valence-electron chi connectivity index (χ2n) is 5.96. The summed E-state index contributed by atoms with van der Waals surface area (Å²) in [5.41, 5.74) is 0.604. The van der Waals surface area contributed by atoms with Crippen LogP contribution in [0.3, 0.4) is 0 Å². The fourth-order valence-electron chi connectivity index (χ4n) is 2.58. The van der Waals surface area contributed by atoms with Crippen molar-refractivity contribution < 1.29 is 14.7 Å². The minimum atomic E-state index is -0.695. The molecule has 1 aliphatic heterocycles. The monoisotopic (exact) mass is 322 g/mol. The lowest BCUT2D eigenvalue weighted by Gasteiger charge is -2.21. The summed E-state index contributed by atoms with van der Waals surface area (Å²) in [4.78, 5) is 26.5. The average Bonchev–Trinajstić information content (AvgIpc) is 2.90. The number of aliphatic hydroxyl groups excluding tert-OH is 1. The summed E-state index contributed by atoms with van der Waals surface area (Å²) < 4.78 is 1.43. The van der Waals surface area contributed by atoms with E-state index in [4.69, 9.17) is 0 Å². The van der Waals surface area contributed by atoms with Gasteiger partial charge in [0.1, 0.15) is 5.69 Å². The van der Waals surface area contributed by atoms with Crippen LogP contribution in [0.1, 0.15) is 60.5 Å². The van der Waals surface area contributed by atoms with E-state index in [0.717, 1.165) is 25.7 Å². The molecule has 0 bridgehead atoms. The summed E-state index contributed by atoms with van der Waals surface area (Å²) in [6, 6.07) is 1.53. The highest BCUT2D eigenvalue weighted by molar-refractivity contribution is 5.98. The Morgan fingerprint density at radius 3 is 2.65 bits per heavy atom. The number of nitrogens with one attached hydrogen (secondary N) is 1. The van der Waals surface area contributed by atoms with E-state index in [1.54, 1.807) is 0 Å². The number of unbranched alkanes of at least 4 members (excludes halogenated alkanes) is 2. The lowest BCUT2D eigenvalue weighted by molar-refractivity contribution is 0.0742. The zero-order chi connectivity index (χ0) is 16.8. The maximum absolute atomic E-state index is 12.7. The highest BCUT2D eigenvalue weighted by atomic mass is 16.3. The smallest absolute Gasteiger partial charge is 0.274 e. The molecular formula is C16H26N4O3. The number of β-amino-alcohol motifs (C(OH)–C–C–N with tert-alkyl or cyclic N) is 1. The van der Waals surface area contributed by atoms with Gasteiger partial charge in [-0.1, -0.05) is 26.7 Å². The maximum Gasteiger partial charge on any atom is 0.274 e. The zero-order valence-electron chi connectivity index (χ0n) is 13.9. The number of carbonyl (C=O) groups is 2. The topological polar surface area (TPSA) is 87.5 Å². The normalized spacial score (nSPS) is 17.3. The minimum Gasteiger partial charge on any atom is -0.389 e. The molecule has 1 atom stereocenters. The Morgan fingerprint density at radius 1 is 1.39 bits per heavy atom. The van der Waals surface area contributed by atoms with Gasteiger partial charge in [0.25, 0.3) is 11.8 Å². The van der Waals surface area contributed by atoms with Gasteiger partial charge in [-0.25, -0.2) is 0 Å². The first-order chi connectivity index (χ1) is 11.1. The number of rotatable bonds is 7. The van der Waals surface area contributed by atoms with Crippen molar-refractivity contribution in [3.63, 3.8) is 0 Å². The van der Waals surface area contributed by atoms with Crippen LogP contribution in [0.4, 0.5) is 0 Å². The van der Waals surface area contributed by atoms with Crippen molar-refractivity contribution in [2.24, 2.45) is 0 Å². The van der Waals surface area contributed by atoms with Gasteiger partial charge in [0.05, 0.1) is 12.6 Å². The Hall–Kier alpha value is -1.89. The number of amides is 2. The molecule has 0 radical (unpaired) electrons. The van der Waals surface area contributed by atoms with Gasteiger partial charge in [0.15, 0.2) is 5.69 Å². The lowest BCUT2D eigenvalue weighted by atomic mass is 10.2. The molecule has 0 spiro atoms. The highest BCUT2D eigenvalue weighted by Crippen LogP contribution is 2.12. The zero-order valence-corrected chi connectivity index (χ0v) is 13.9. The summed E-state index contributed by atoms with van der Waals surface area (Å²) in [7, 11) is 0. The molecule has 0 unspecified atom stereocenters. The van der Waals surface area contributed by atoms with Crippen molar-refractivity contribution in [3.8, 4) is 0 Å². The summed E-state index contributed by atoms with van der Waals surface area (Å²) >= 11 is 0. The van der Waals surface area contributed by atoms with Crippen LogP contribution >= 0.6 is 0 Å². The van der Waals surface area contributed by atoms with Crippen molar-refractivity contribution in [1.82, 2.24) is 20.0 Å². The van der Waals surface area contributed by atoms with Crippen molar-refractivity contribution in [2.75, 3.05) is 19.6 Å². The van der Waals surface area contributed by atoms with Crippen LogP contribution in [0.15, 0.2) is 6.07 Å². The molecule has 7 nitrogen and oxygen atoms in total. The Morgan fingerprint density at radius 2 is 2.04 bits per heavy atom. The Bertz CT molecular complexity index is 548.